The van der Waals surface area contributed by atoms with E-state index in [1.54, 1.807) is 22.7 Å². The van der Waals surface area contributed by atoms with Gasteiger partial charge in [0.15, 0.2) is 0 Å². The standard InChI is InChI=1S/C16H15Cl2N5O/c1-9-11(10(2)23-16(21-9)19-8-20-23)6-7-14(24)22-13-5-3-4-12(17)15(13)18/h3-5,8H,6-7H2,1-2H3,(H,22,24). The quantitative estimate of drug-likeness (QED) is 0.768. The molecule has 0 aliphatic heterocycles. The van der Waals surface area contributed by atoms with Crippen LogP contribution in [0.15, 0.2) is 24.5 Å². The largest absolute Gasteiger partial charge is 0.325 e. The summed E-state index contributed by atoms with van der Waals surface area (Å²) < 4.78 is 1.67. The molecule has 0 fully saturated rings. The second-order valence-electron chi connectivity index (χ2n) is 5.38. The summed E-state index contributed by atoms with van der Waals surface area (Å²) >= 11 is 12.0. The van der Waals surface area contributed by atoms with Gasteiger partial charge in [0, 0.05) is 17.8 Å². The van der Waals surface area contributed by atoms with Crippen LogP contribution in [0.5, 0.6) is 0 Å². The first-order valence-electron chi connectivity index (χ1n) is 7.37. The highest BCUT2D eigenvalue weighted by atomic mass is 35.5. The molecule has 0 bridgehead atoms. The van der Waals surface area contributed by atoms with Crippen molar-refractivity contribution in [3.05, 3.63) is 51.5 Å². The predicted octanol–water partition coefficient (Wildman–Crippen LogP) is 3.62. The van der Waals surface area contributed by atoms with Crippen molar-refractivity contribution in [3.63, 3.8) is 0 Å². The molecule has 0 unspecified atom stereocenters. The number of nitrogens with zero attached hydrogens (tertiary/aromatic N) is 4. The Balaban J connectivity index is 1.74. The Morgan fingerprint density at radius 1 is 1.29 bits per heavy atom. The fraction of sp³-hybridized carbons (Fsp3) is 0.250. The number of benzene rings is 1. The molecule has 8 heteroatoms. The van der Waals surface area contributed by atoms with Gasteiger partial charge in [-0.3, -0.25) is 4.79 Å². The number of aryl methyl sites for hydroxylation is 2. The highest BCUT2D eigenvalue weighted by Crippen LogP contribution is 2.29. The number of rotatable bonds is 4. The van der Waals surface area contributed by atoms with E-state index in [0.717, 1.165) is 17.0 Å². The van der Waals surface area contributed by atoms with Gasteiger partial charge >= 0.3 is 0 Å². The molecule has 24 heavy (non-hydrogen) atoms. The Hall–Kier alpha value is -2.18. The van der Waals surface area contributed by atoms with Crippen LogP contribution in [0.2, 0.25) is 10.0 Å². The summed E-state index contributed by atoms with van der Waals surface area (Å²) in [5.74, 6) is 0.417. The van der Waals surface area contributed by atoms with Crippen LogP contribution in [0, 0.1) is 13.8 Å². The zero-order chi connectivity index (χ0) is 17.3. The number of fused-ring (bicyclic) bond motifs is 1. The Morgan fingerprint density at radius 2 is 2.08 bits per heavy atom. The maximum Gasteiger partial charge on any atom is 0.252 e. The van der Waals surface area contributed by atoms with Crippen LogP contribution in [-0.2, 0) is 11.2 Å². The fourth-order valence-electron chi connectivity index (χ4n) is 2.57. The summed E-state index contributed by atoms with van der Waals surface area (Å²) in [7, 11) is 0. The van der Waals surface area contributed by atoms with Crippen LogP contribution in [0.1, 0.15) is 23.4 Å². The lowest BCUT2D eigenvalue weighted by molar-refractivity contribution is -0.116. The van der Waals surface area contributed by atoms with Crippen molar-refractivity contribution in [2.45, 2.75) is 26.7 Å². The van der Waals surface area contributed by atoms with E-state index < -0.39 is 0 Å². The third kappa shape index (κ3) is 3.20. The molecule has 0 saturated heterocycles. The Morgan fingerprint density at radius 3 is 2.88 bits per heavy atom. The second-order valence-corrected chi connectivity index (χ2v) is 6.17. The lowest BCUT2D eigenvalue weighted by Gasteiger charge is -2.11. The van der Waals surface area contributed by atoms with Gasteiger partial charge in [-0.1, -0.05) is 29.3 Å². The average molecular weight is 364 g/mol. The van der Waals surface area contributed by atoms with Crippen molar-refractivity contribution in [1.29, 1.82) is 0 Å². The van der Waals surface area contributed by atoms with E-state index >= 15 is 0 Å². The zero-order valence-corrected chi connectivity index (χ0v) is 14.7. The number of anilines is 1. The first-order valence-corrected chi connectivity index (χ1v) is 8.12. The molecular weight excluding hydrogens is 349 g/mol. The zero-order valence-electron chi connectivity index (χ0n) is 13.2. The van der Waals surface area contributed by atoms with E-state index in [2.05, 4.69) is 20.4 Å². The number of hydrogen-bond acceptors (Lipinski definition) is 4. The second kappa shape index (κ2) is 6.75. The Kier molecular flexibility index (Phi) is 4.69. The Bertz CT molecular complexity index is 922. The molecule has 1 N–H and O–H groups in total. The van der Waals surface area contributed by atoms with Crippen molar-refractivity contribution >= 4 is 40.6 Å². The normalized spacial score (nSPS) is 11.0. The summed E-state index contributed by atoms with van der Waals surface area (Å²) in [6.45, 7) is 3.85. The number of hydrogen-bond donors (Lipinski definition) is 1. The van der Waals surface area contributed by atoms with Crippen LogP contribution in [0.3, 0.4) is 0 Å². The predicted molar refractivity (Wildman–Crippen MR) is 93.7 cm³/mol. The van der Waals surface area contributed by atoms with Crippen molar-refractivity contribution in [3.8, 4) is 0 Å². The summed E-state index contributed by atoms with van der Waals surface area (Å²) in [5.41, 5.74) is 3.28. The van der Waals surface area contributed by atoms with E-state index in [1.807, 2.05) is 13.8 Å². The van der Waals surface area contributed by atoms with Crippen molar-refractivity contribution in [1.82, 2.24) is 19.6 Å². The molecule has 0 aliphatic carbocycles. The van der Waals surface area contributed by atoms with Crippen LogP contribution in [-0.4, -0.2) is 25.5 Å². The average Bonchev–Trinajstić information content (AvgIpc) is 3.00. The van der Waals surface area contributed by atoms with E-state index in [0.29, 0.717) is 34.4 Å². The minimum Gasteiger partial charge on any atom is -0.325 e. The maximum atomic E-state index is 12.2. The minimum absolute atomic E-state index is 0.142. The fourth-order valence-corrected chi connectivity index (χ4v) is 2.92. The van der Waals surface area contributed by atoms with Gasteiger partial charge in [0.1, 0.15) is 6.33 Å². The van der Waals surface area contributed by atoms with Gasteiger partial charge < -0.3 is 5.32 Å². The monoisotopic (exact) mass is 363 g/mol. The SMILES string of the molecule is Cc1nc2ncnn2c(C)c1CCC(=O)Nc1cccc(Cl)c1Cl. The smallest absolute Gasteiger partial charge is 0.252 e. The minimum atomic E-state index is -0.142. The van der Waals surface area contributed by atoms with E-state index in [-0.39, 0.29) is 5.91 Å². The lowest BCUT2D eigenvalue weighted by atomic mass is 10.1. The molecule has 0 spiro atoms. The van der Waals surface area contributed by atoms with Gasteiger partial charge in [0.25, 0.3) is 5.78 Å². The first kappa shape index (κ1) is 16.7. The third-order valence-corrected chi connectivity index (χ3v) is 4.64. The van der Waals surface area contributed by atoms with Crippen LogP contribution in [0.25, 0.3) is 5.78 Å². The maximum absolute atomic E-state index is 12.2. The van der Waals surface area contributed by atoms with Gasteiger partial charge in [-0.05, 0) is 38.0 Å². The van der Waals surface area contributed by atoms with Gasteiger partial charge in [-0.2, -0.15) is 10.1 Å². The molecule has 0 saturated carbocycles. The molecule has 3 aromatic rings. The third-order valence-electron chi connectivity index (χ3n) is 3.82. The van der Waals surface area contributed by atoms with E-state index in [9.17, 15) is 4.79 Å². The number of halogens is 2. The summed E-state index contributed by atoms with van der Waals surface area (Å²) in [5, 5.41) is 7.67. The highest BCUT2D eigenvalue weighted by Gasteiger charge is 2.13. The molecule has 0 aliphatic rings. The molecule has 2 heterocycles. The highest BCUT2D eigenvalue weighted by molar-refractivity contribution is 6.43. The Labute approximate surface area is 148 Å². The number of amides is 1. The van der Waals surface area contributed by atoms with Crippen LogP contribution >= 0.6 is 23.2 Å². The van der Waals surface area contributed by atoms with Crippen molar-refractivity contribution in [2.75, 3.05) is 5.32 Å². The molecule has 6 nitrogen and oxygen atoms in total. The van der Waals surface area contributed by atoms with Gasteiger partial charge in [-0.15, -0.1) is 0 Å². The summed E-state index contributed by atoms with van der Waals surface area (Å²) in [6.07, 6.45) is 2.31. The molecule has 1 amide bonds. The van der Waals surface area contributed by atoms with Crippen molar-refractivity contribution < 1.29 is 4.79 Å². The topological polar surface area (TPSA) is 72.2 Å². The van der Waals surface area contributed by atoms with E-state index in [4.69, 9.17) is 23.2 Å². The number of carbonyl (C=O) groups excluding carboxylic acids is 1. The van der Waals surface area contributed by atoms with Crippen molar-refractivity contribution in [2.24, 2.45) is 0 Å². The molecule has 2 aromatic heterocycles. The number of nitrogens with one attached hydrogen (secondary N) is 1. The van der Waals surface area contributed by atoms with E-state index in [1.165, 1.54) is 6.33 Å². The molecule has 0 radical (unpaired) electrons. The van der Waals surface area contributed by atoms with Crippen LogP contribution in [0.4, 0.5) is 5.69 Å². The van der Waals surface area contributed by atoms with Gasteiger partial charge in [-0.25, -0.2) is 9.50 Å². The first-order chi connectivity index (χ1) is 11.5. The lowest BCUT2D eigenvalue weighted by Crippen LogP contribution is -2.14. The number of aromatic nitrogens is 4. The molecular formula is C16H15Cl2N5O. The number of carbonyl (C=O) groups is 1. The molecule has 124 valence electrons. The molecule has 0 atom stereocenters. The van der Waals surface area contributed by atoms with Gasteiger partial charge in [0.05, 0.1) is 15.7 Å². The molecule has 3 rings (SSSR count). The summed E-state index contributed by atoms with van der Waals surface area (Å²) in [4.78, 5) is 20.7. The van der Waals surface area contributed by atoms with Gasteiger partial charge in [0.2, 0.25) is 5.91 Å². The summed E-state index contributed by atoms with van der Waals surface area (Å²) in [6, 6.07) is 5.12. The van der Waals surface area contributed by atoms with Crippen LogP contribution < -0.4 is 5.32 Å². The molecule has 1 aromatic carbocycles.